The van der Waals surface area contributed by atoms with E-state index in [1.807, 2.05) is 0 Å². The van der Waals surface area contributed by atoms with Crippen LogP contribution in [0, 0.1) is 0 Å². The van der Waals surface area contributed by atoms with Gasteiger partial charge in [-0.1, -0.05) is 0 Å². The van der Waals surface area contributed by atoms with Gasteiger partial charge in [0.25, 0.3) is 0 Å². The van der Waals surface area contributed by atoms with E-state index in [2.05, 4.69) is 72.2 Å². The maximum atomic E-state index is 2.45. The molecule has 28 heavy (non-hydrogen) atoms. The fraction of sp³-hybridized carbons (Fsp3) is 0.577. The molecule has 0 spiro atoms. The molecule has 1 aliphatic heterocycles. The molecular formula is C26H39N2+. The third-order valence-electron chi connectivity index (χ3n) is 7.58. The first-order chi connectivity index (χ1) is 13.1. The molecule has 0 atom stereocenters. The third kappa shape index (κ3) is 3.47. The molecule has 152 valence electrons. The second-order valence-corrected chi connectivity index (χ2v) is 9.18. The molecule has 0 bridgehead atoms. The molecule has 2 nitrogen and oxygen atoms in total. The summed E-state index contributed by atoms with van der Waals surface area (Å²) in [4.78, 5) is 2.29. The summed E-state index contributed by atoms with van der Waals surface area (Å²) in [5, 5.41) is 0. The highest BCUT2D eigenvalue weighted by Gasteiger charge is 2.28. The molecule has 0 aromatic heterocycles. The van der Waals surface area contributed by atoms with Crippen molar-refractivity contribution in [3.8, 4) is 0 Å². The van der Waals surface area contributed by atoms with Gasteiger partial charge in [0.2, 0.25) is 0 Å². The summed E-state index contributed by atoms with van der Waals surface area (Å²) in [5.41, 5.74) is 16.8. The van der Waals surface area contributed by atoms with Gasteiger partial charge in [-0.2, -0.15) is 0 Å². The third-order valence-corrected chi connectivity index (χ3v) is 7.58. The van der Waals surface area contributed by atoms with Crippen molar-refractivity contribution >= 4 is 5.71 Å². The second kappa shape index (κ2) is 7.89. The zero-order chi connectivity index (χ0) is 20.7. The van der Waals surface area contributed by atoms with Crippen LogP contribution in [0.15, 0.2) is 55.9 Å². The van der Waals surface area contributed by atoms with Crippen LogP contribution >= 0.6 is 0 Å². The van der Waals surface area contributed by atoms with E-state index in [1.54, 1.807) is 22.4 Å². The molecule has 0 unspecified atom stereocenters. The largest absolute Gasteiger partial charge is 0.380 e. The van der Waals surface area contributed by atoms with Gasteiger partial charge in [0.1, 0.15) is 13.6 Å². The quantitative estimate of drug-likeness (QED) is 0.528. The van der Waals surface area contributed by atoms with Crippen LogP contribution in [0.4, 0.5) is 0 Å². The van der Waals surface area contributed by atoms with Crippen molar-refractivity contribution in [2.45, 2.75) is 73.6 Å². The van der Waals surface area contributed by atoms with Gasteiger partial charge in [-0.05, 0) is 99.0 Å². The Labute approximate surface area is 172 Å². The topological polar surface area (TPSA) is 6.25 Å². The molecule has 0 aromatic rings. The lowest BCUT2D eigenvalue weighted by molar-refractivity contribution is -0.488. The van der Waals surface area contributed by atoms with Crippen molar-refractivity contribution < 1.29 is 4.58 Å². The zero-order valence-electron chi connectivity index (χ0n) is 19.6. The summed E-state index contributed by atoms with van der Waals surface area (Å²) in [5.74, 6) is 0. The number of allylic oxidation sites excluding steroid dienone is 9. The van der Waals surface area contributed by atoms with Crippen molar-refractivity contribution in [2.24, 2.45) is 0 Å². The smallest absolute Gasteiger partial charge is 0.179 e. The summed E-state index contributed by atoms with van der Waals surface area (Å²) in [7, 11) is 6.59. The van der Waals surface area contributed by atoms with Gasteiger partial charge in [-0.25, -0.2) is 4.58 Å². The second-order valence-electron chi connectivity index (χ2n) is 9.18. The van der Waals surface area contributed by atoms with E-state index < -0.39 is 0 Å². The van der Waals surface area contributed by atoms with E-state index in [0.717, 1.165) is 6.42 Å². The predicted octanol–water partition coefficient (Wildman–Crippen LogP) is 6.18. The van der Waals surface area contributed by atoms with E-state index in [-0.39, 0.29) is 0 Å². The van der Waals surface area contributed by atoms with Crippen LogP contribution in [0.1, 0.15) is 73.6 Å². The highest BCUT2D eigenvalue weighted by Crippen LogP contribution is 2.43. The highest BCUT2D eigenvalue weighted by molar-refractivity contribution is 5.97. The monoisotopic (exact) mass is 379 g/mol. The van der Waals surface area contributed by atoms with Crippen LogP contribution in [0.5, 0.6) is 0 Å². The molecule has 0 aromatic carbocycles. The fourth-order valence-corrected chi connectivity index (χ4v) is 5.44. The van der Waals surface area contributed by atoms with Crippen molar-refractivity contribution in [2.75, 3.05) is 27.7 Å². The molecule has 1 heterocycles. The number of hydrogen-bond donors (Lipinski definition) is 0. The average molecular weight is 380 g/mol. The Balaban J connectivity index is 1.98. The molecule has 0 saturated heterocycles. The van der Waals surface area contributed by atoms with Gasteiger partial charge in [0.05, 0.1) is 0 Å². The summed E-state index contributed by atoms with van der Waals surface area (Å²) in [6.45, 7) is 15.2. The number of hydrogen-bond acceptors (Lipinski definition) is 1. The van der Waals surface area contributed by atoms with Crippen molar-refractivity contribution in [1.29, 1.82) is 0 Å². The number of nitrogens with zero attached hydrogens (tertiary/aromatic N) is 2. The number of rotatable bonds is 4. The molecule has 0 radical (unpaired) electrons. The summed E-state index contributed by atoms with van der Waals surface area (Å²) in [6, 6.07) is 0. The van der Waals surface area contributed by atoms with Crippen LogP contribution in [-0.2, 0) is 0 Å². The standard InChI is InChI=1S/C26H39N2/c1-16(18(3)25-11-10-14-28(25)9)22-12-13-23(20(22)5)21(6)24-15-26(27(7)8)19(4)17(24)2/h10-15H2,1-9H3/q+1. The Bertz CT molecular complexity index is 895. The SMILES string of the molecule is CC1=C(/C(C)=C2\CCC(C(/C)=C(/C)C3=[N+](C)CCC3)=C2C)CC(N(C)C)=C1C. The van der Waals surface area contributed by atoms with Crippen molar-refractivity contribution in [1.82, 2.24) is 4.90 Å². The molecule has 0 fully saturated rings. The van der Waals surface area contributed by atoms with Crippen molar-refractivity contribution in [3.05, 3.63) is 55.9 Å². The molecule has 0 N–H and O–H groups in total. The lowest BCUT2D eigenvalue weighted by Crippen LogP contribution is -2.12. The Kier molecular flexibility index (Phi) is 5.89. The minimum Gasteiger partial charge on any atom is -0.380 e. The first-order valence-corrected chi connectivity index (χ1v) is 10.9. The van der Waals surface area contributed by atoms with Gasteiger partial charge in [-0.15, -0.1) is 0 Å². The van der Waals surface area contributed by atoms with E-state index in [9.17, 15) is 0 Å². The first-order valence-electron chi connectivity index (χ1n) is 10.9. The summed E-state index contributed by atoms with van der Waals surface area (Å²) >= 11 is 0. The van der Waals surface area contributed by atoms with Crippen LogP contribution in [0.25, 0.3) is 0 Å². The van der Waals surface area contributed by atoms with Gasteiger partial charge in [-0.3, -0.25) is 0 Å². The minimum atomic E-state index is 1.08. The Hall–Kier alpha value is -1.83. The normalized spacial score (nSPS) is 23.5. The lowest BCUT2D eigenvalue weighted by atomic mass is 9.92. The average Bonchev–Trinajstić information content (AvgIpc) is 3.32. The van der Waals surface area contributed by atoms with Gasteiger partial charge in [0, 0.05) is 44.6 Å². The molecule has 2 heteroatoms. The molecule has 0 saturated carbocycles. The van der Waals surface area contributed by atoms with Crippen LogP contribution in [-0.4, -0.2) is 42.9 Å². The van der Waals surface area contributed by atoms with E-state index >= 15 is 0 Å². The van der Waals surface area contributed by atoms with Crippen LogP contribution < -0.4 is 0 Å². The maximum Gasteiger partial charge on any atom is 0.179 e. The Morgan fingerprint density at radius 1 is 0.821 bits per heavy atom. The summed E-state index contributed by atoms with van der Waals surface area (Å²) in [6.07, 6.45) is 6.00. The highest BCUT2D eigenvalue weighted by atomic mass is 15.1. The first kappa shape index (κ1) is 20.9. The Morgan fingerprint density at radius 3 is 2.04 bits per heavy atom. The van der Waals surface area contributed by atoms with E-state index in [4.69, 9.17) is 0 Å². The lowest BCUT2D eigenvalue weighted by Gasteiger charge is -2.17. The van der Waals surface area contributed by atoms with Gasteiger partial charge in [0.15, 0.2) is 5.71 Å². The van der Waals surface area contributed by atoms with E-state index in [0.29, 0.717) is 0 Å². The maximum absolute atomic E-state index is 2.45. The molecule has 3 aliphatic rings. The van der Waals surface area contributed by atoms with Crippen LogP contribution in [0.3, 0.4) is 0 Å². The van der Waals surface area contributed by atoms with Gasteiger partial charge >= 0.3 is 0 Å². The Morgan fingerprint density at radius 2 is 1.50 bits per heavy atom. The zero-order valence-corrected chi connectivity index (χ0v) is 19.6. The fourth-order valence-electron chi connectivity index (χ4n) is 5.44. The van der Waals surface area contributed by atoms with Gasteiger partial charge < -0.3 is 4.90 Å². The molecule has 3 rings (SSSR count). The summed E-state index contributed by atoms with van der Waals surface area (Å²) < 4.78 is 2.45. The molecule has 0 amide bonds. The van der Waals surface area contributed by atoms with Crippen LogP contribution in [0.2, 0.25) is 0 Å². The minimum absolute atomic E-state index is 1.08. The molecule has 2 aliphatic carbocycles. The molecular weight excluding hydrogens is 340 g/mol. The van der Waals surface area contributed by atoms with Crippen molar-refractivity contribution in [3.63, 3.8) is 0 Å². The van der Waals surface area contributed by atoms with E-state index in [1.165, 1.54) is 71.4 Å². The predicted molar refractivity (Wildman–Crippen MR) is 122 cm³/mol.